The lowest BCUT2D eigenvalue weighted by Crippen LogP contribution is -1.75. The summed E-state index contributed by atoms with van der Waals surface area (Å²) in [5.41, 5.74) is 2.32. The van der Waals surface area contributed by atoms with Crippen LogP contribution < -0.4 is 0 Å². The van der Waals surface area contributed by atoms with E-state index in [0.717, 1.165) is 5.69 Å². The molecule has 1 heterocycles. The van der Waals surface area contributed by atoms with Gasteiger partial charge in [-0.3, -0.25) is 4.98 Å². The molecule has 0 unspecified atom stereocenters. The van der Waals surface area contributed by atoms with Gasteiger partial charge in [0.05, 0.1) is 5.69 Å². The Balaban J connectivity index is 2.36. The van der Waals surface area contributed by atoms with Gasteiger partial charge < -0.3 is 0 Å². The highest BCUT2D eigenvalue weighted by Gasteiger charge is 2.10. The third kappa shape index (κ3) is 1.25. The summed E-state index contributed by atoms with van der Waals surface area (Å²) in [5.74, 6) is 0. The molecule has 0 aromatic heterocycles. The highest BCUT2D eigenvalue weighted by Crippen LogP contribution is 2.34. The molecular weight excluding hydrogens is 218 g/mol. The minimum absolute atomic E-state index is 1.09. The van der Waals surface area contributed by atoms with E-state index in [9.17, 15) is 0 Å². The van der Waals surface area contributed by atoms with Crippen LogP contribution >= 0.6 is 0 Å². The normalized spacial score (nSPS) is 11.3. The average molecular weight is 229 g/mol. The molecule has 0 fully saturated rings. The van der Waals surface area contributed by atoms with Gasteiger partial charge in [0, 0.05) is 17.1 Å². The second-order valence-corrected chi connectivity index (χ2v) is 4.53. The summed E-state index contributed by atoms with van der Waals surface area (Å²) >= 11 is 0. The molecule has 0 atom stereocenters. The van der Waals surface area contributed by atoms with E-state index in [1.165, 1.54) is 27.1 Å². The molecule has 1 aliphatic heterocycles. The van der Waals surface area contributed by atoms with Crippen LogP contribution in [-0.2, 0) is 0 Å². The quantitative estimate of drug-likeness (QED) is 0.433. The number of rotatable bonds is 0. The fourth-order valence-corrected chi connectivity index (χ4v) is 2.64. The second-order valence-electron chi connectivity index (χ2n) is 4.53. The molecule has 0 saturated carbocycles. The van der Waals surface area contributed by atoms with Gasteiger partial charge in [0.25, 0.3) is 0 Å². The lowest BCUT2D eigenvalue weighted by atomic mass is 10.1. The zero-order chi connectivity index (χ0) is 11.9. The Morgan fingerprint density at radius 2 is 1.33 bits per heavy atom. The van der Waals surface area contributed by atoms with Gasteiger partial charge in [-0.05, 0) is 28.3 Å². The zero-order valence-electron chi connectivity index (χ0n) is 9.80. The molecule has 0 amide bonds. The standard InChI is InChI=1S/C17H11N/c1-3-7-14-12(5-1)11-13-6-2-4-8-15(13)17-16(14)9-10-18-17/h1-11H. The maximum absolute atomic E-state index is 4.54. The summed E-state index contributed by atoms with van der Waals surface area (Å²) in [6, 6.07) is 21.3. The molecule has 0 radical (unpaired) electrons. The van der Waals surface area contributed by atoms with Gasteiger partial charge in [-0.1, -0.05) is 48.5 Å². The third-order valence-electron chi connectivity index (χ3n) is 3.48. The Bertz CT molecular complexity index is 765. The summed E-state index contributed by atoms with van der Waals surface area (Å²) in [5, 5.41) is 4.98. The van der Waals surface area contributed by atoms with E-state index in [4.69, 9.17) is 0 Å². The van der Waals surface area contributed by atoms with Crippen LogP contribution in [0.3, 0.4) is 0 Å². The maximum Gasteiger partial charge on any atom is 0.0787 e. The maximum atomic E-state index is 4.54. The van der Waals surface area contributed by atoms with Crippen molar-refractivity contribution in [2.75, 3.05) is 0 Å². The van der Waals surface area contributed by atoms with Crippen LogP contribution in [0.1, 0.15) is 0 Å². The molecule has 0 bridgehead atoms. The van der Waals surface area contributed by atoms with Gasteiger partial charge >= 0.3 is 0 Å². The largest absolute Gasteiger partial charge is 0.256 e. The monoisotopic (exact) mass is 229 g/mol. The van der Waals surface area contributed by atoms with Crippen LogP contribution in [0, 0.1) is 0 Å². The lowest BCUT2D eigenvalue weighted by Gasteiger charge is -1.97. The van der Waals surface area contributed by atoms with Gasteiger partial charge in [-0.25, -0.2) is 0 Å². The molecule has 18 heavy (non-hydrogen) atoms. The highest BCUT2D eigenvalue weighted by molar-refractivity contribution is 6.07. The number of aromatic nitrogens is 1. The van der Waals surface area contributed by atoms with Gasteiger partial charge in [-0.15, -0.1) is 0 Å². The molecule has 2 aromatic rings. The Labute approximate surface area is 105 Å². The molecule has 84 valence electrons. The Kier molecular flexibility index (Phi) is 1.89. The van der Waals surface area contributed by atoms with Gasteiger partial charge in [0.15, 0.2) is 0 Å². The van der Waals surface area contributed by atoms with E-state index in [0.29, 0.717) is 0 Å². The molecule has 1 aliphatic carbocycles. The van der Waals surface area contributed by atoms with Crippen LogP contribution in [0.4, 0.5) is 0 Å². The first-order valence-electron chi connectivity index (χ1n) is 6.09. The Morgan fingerprint density at radius 3 is 2.17 bits per heavy atom. The molecule has 1 heteroatoms. The fraction of sp³-hybridized carbons (Fsp3) is 0. The summed E-state index contributed by atoms with van der Waals surface area (Å²) in [7, 11) is 0. The van der Waals surface area contributed by atoms with Crippen molar-refractivity contribution >= 4 is 21.5 Å². The smallest absolute Gasteiger partial charge is 0.0787 e. The van der Waals surface area contributed by atoms with E-state index in [1.54, 1.807) is 0 Å². The first kappa shape index (κ1) is 9.60. The summed E-state index contributed by atoms with van der Waals surface area (Å²) < 4.78 is 0. The van der Waals surface area contributed by atoms with Crippen molar-refractivity contribution < 1.29 is 0 Å². The summed E-state index contributed by atoms with van der Waals surface area (Å²) in [4.78, 5) is 4.54. The number of benzene rings is 2. The van der Waals surface area contributed by atoms with Crippen LogP contribution in [0.25, 0.3) is 32.8 Å². The zero-order valence-corrected chi connectivity index (χ0v) is 9.80. The number of hydrogen-bond acceptors (Lipinski definition) is 1. The predicted octanol–water partition coefficient (Wildman–Crippen LogP) is 4.49. The van der Waals surface area contributed by atoms with Gasteiger partial charge in [0.1, 0.15) is 0 Å². The third-order valence-corrected chi connectivity index (χ3v) is 3.48. The summed E-state index contributed by atoms with van der Waals surface area (Å²) in [6.45, 7) is 0. The minimum Gasteiger partial charge on any atom is -0.256 e. The van der Waals surface area contributed by atoms with Crippen molar-refractivity contribution in [2.24, 2.45) is 0 Å². The Hall–Kier alpha value is -2.41. The number of fused-ring (bicyclic) bond motifs is 5. The number of hydrogen-bond donors (Lipinski definition) is 0. The Morgan fingerprint density at radius 1 is 0.667 bits per heavy atom. The van der Waals surface area contributed by atoms with Crippen LogP contribution in [0.2, 0.25) is 0 Å². The SMILES string of the molecule is c1ccc2c3ccnc-3c3ccccc3cc2c1. The lowest BCUT2D eigenvalue weighted by molar-refractivity contribution is 1.44. The van der Waals surface area contributed by atoms with Crippen LogP contribution in [0.15, 0.2) is 66.9 Å². The molecule has 0 saturated heterocycles. The van der Waals surface area contributed by atoms with Crippen molar-refractivity contribution in [1.29, 1.82) is 0 Å². The highest BCUT2D eigenvalue weighted by atomic mass is 14.7. The molecule has 1 nitrogen and oxygen atoms in total. The molecule has 0 N–H and O–H groups in total. The van der Waals surface area contributed by atoms with Gasteiger partial charge in [-0.2, -0.15) is 0 Å². The first-order valence-corrected chi connectivity index (χ1v) is 6.09. The van der Waals surface area contributed by atoms with E-state index < -0.39 is 0 Å². The fourth-order valence-electron chi connectivity index (χ4n) is 2.64. The molecule has 0 spiro atoms. The molecule has 2 aromatic carbocycles. The van der Waals surface area contributed by atoms with E-state index in [1.807, 2.05) is 6.20 Å². The summed E-state index contributed by atoms with van der Waals surface area (Å²) in [6.07, 6.45) is 1.89. The molecule has 2 aliphatic rings. The predicted molar refractivity (Wildman–Crippen MR) is 75.9 cm³/mol. The first-order chi connectivity index (χ1) is 8.93. The topological polar surface area (TPSA) is 12.9 Å². The van der Waals surface area contributed by atoms with Crippen molar-refractivity contribution in [3.63, 3.8) is 0 Å². The average Bonchev–Trinajstić information content (AvgIpc) is 2.84. The van der Waals surface area contributed by atoms with Crippen molar-refractivity contribution in [2.45, 2.75) is 0 Å². The van der Waals surface area contributed by atoms with Crippen molar-refractivity contribution in [3.8, 4) is 11.3 Å². The molecule has 4 rings (SSSR count). The van der Waals surface area contributed by atoms with E-state index in [-0.39, 0.29) is 0 Å². The second kappa shape index (κ2) is 3.54. The van der Waals surface area contributed by atoms with E-state index in [2.05, 4.69) is 65.6 Å². The van der Waals surface area contributed by atoms with Crippen LogP contribution in [0.5, 0.6) is 0 Å². The van der Waals surface area contributed by atoms with Crippen LogP contribution in [-0.4, -0.2) is 4.98 Å². The molecular formula is C17H11N. The number of nitrogens with zero attached hydrogens (tertiary/aromatic N) is 1. The van der Waals surface area contributed by atoms with Crippen molar-refractivity contribution in [3.05, 3.63) is 66.9 Å². The minimum atomic E-state index is 1.09. The van der Waals surface area contributed by atoms with Crippen molar-refractivity contribution in [1.82, 2.24) is 4.98 Å². The van der Waals surface area contributed by atoms with Gasteiger partial charge in [0.2, 0.25) is 0 Å². The van der Waals surface area contributed by atoms with E-state index >= 15 is 0 Å².